The zero-order chi connectivity index (χ0) is 15.2. The van der Waals surface area contributed by atoms with E-state index in [9.17, 15) is 9.00 Å². The summed E-state index contributed by atoms with van der Waals surface area (Å²) in [6.45, 7) is 0.954. The number of hydrogen-bond donors (Lipinski definition) is 2. The standard InChI is InChI=1S/C14H19ClN2O2S2/c1-21(19)9-10-6-11(2-3-13(10)15)17-14(18)7-12-8-20-5-4-16-12/h2-3,6,12,16H,4-5,7-9H2,1H3,(H,17,18). The average molecular weight is 347 g/mol. The molecule has 0 aliphatic carbocycles. The van der Waals surface area contributed by atoms with Gasteiger partial charge in [0.05, 0.1) is 0 Å². The van der Waals surface area contributed by atoms with E-state index in [0.29, 0.717) is 22.9 Å². The quantitative estimate of drug-likeness (QED) is 0.858. The summed E-state index contributed by atoms with van der Waals surface area (Å²) < 4.78 is 11.3. The van der Waals surface area contributed by atoms with Gasteiger partial charge in [0.15, 0.2) is 0 Å². The van der Waals surface area contributed by atoms with Crippen LogP contribution in [0.5, 0.6) is 0 Å². The van der Waals surface area contributed by atoms with Crippen molar-refractivity contribution in [3.63, 3.8) is 0 Å². The molecule has 0 bridgehead atoms. The van der Waals surface area contributed by atoms with Crippen LogP contribution in [0.4, 0.5) is 5.69 Å². The van der Waals surface area contributed by atoms with E-state index in [4.69, 9.17) is 11.6 Å². The van der Waals surface area contributed by atoms with Gasteiger partial charge >= 0.3 is 0 Å². The zero-order valence-corrected chi connectivity index (χ0v) is 14.2. The molecule has 1 aromatic carbocycles. The molecule has 2 rings (SSSR count). The van der Waals surface area contributed by atoms with Gasteiger partial charge in [0.25, 0.3) is 0 Å². The lowest BCUT2D eigenvalue weighted by molar-refractivity contribution is -0.116. The second-order valence-electron chi connectivity index (χ2n) is 5.00. The summed E-state index contributed by atoms with van der Waals surface area (Å²) in [7, 11) is -0.963. The fourth-order valence-electron chi connectivity index (χ4n) is 2.17. The Labute approximate surface area is 136 Å². The van der Waals surface area contributed by atoms with Gasteiger partial charge in [-0.1, -0.05) is 11.6 Å². The first-order valence-corrected chi connectivity index (χ1v) is 10.00. The first kappa shape index (κ1) is 16.8. The van der Waals surface area contributed by atoms with Gasteiger partial charge in [-0.05, 0) is 23.8 Å². The molecule has 0 radical (unpaired) electrons. The van der Waals surface area contributed by atoms with E-state index in [1.165, 1.54) is 0 Å². The van der Waals surface area contributed by atoms with Crippen molar-refractivity contribution in [2.75, 3.05) is 29.6 Å². The molecule has 0 spiro atoms. The van der Waals surface area contributed by atoms with Crippen LogP contribution in [0.1, 0.15) is 12.0 Å². The summed E-state index contributed by atoms with van der Waals surface area (Å²) in [5.74, 6) is 2.45. The molecule has 2 N–H and O–H groups in total. The number of rotatable bonds is 5. The number of nitrogens with one attached hydrogen (secondary N) is 2. The number of hydrogen-bond acceptors (Lipinski definition) is 4. The van der Waals surface area contributed by atoms with Crippen molar-refractivity contribution < 1.29 is 9.00 Å². The van der Waals surface area contributed by atoms with Gasteiger partial charge in [-0.3, -0.25) is 9.00 Å². The molecular formula is C14H19ClN2O2S2. The Morgan fingerprint density at radius 2 is 2.38 bits per heavy atom. The highest BCUT2D eigenvalue weighted by atomic mass is 35.5. The minimum absolute atomic E-state index is 0.0131. The molecule has 1 fully saturated rings. The van der Waals surface area contributed by atoms with Crippen molar-refractivity contribution >= 4 is 45.8 Å². The minimum atomic E-state index is -0.963. The van der Waals surface area contributed by atoms with Gasteiger partial charge in [-0.2, -0.15) is 11.8 Å². The van der Waals surface area contributed by atoms with Gasteiger partial charge in [-0.15, -0.1) is 0 Å². The van der Waals surface area contributed by atoms with E-state index in [-0.39, 0.29) is 11.9 Å². The third-order valence-electron chi connectivity index (χ3n) is 3.12. The second-order valence-corrected chi connectivity index (χ2v) is 7.99. The van der Waals surface area contributed by atoms with E-state index in [1.54, 1.807) is 24.5 Å². The topological polar surface area (TPSA) is 58.2 Å². The highest BCUT2D eigenvalue weighted by Crippen LogP contribution is 2.22. The van der Waals surface area contributed by atoms with Gasteiger partial charge in [0.1, 0.15) is 0 Å². The fraction of sp³-hybridized carbons (Fsp3) is 0.500. The normalized spacial score (nSPS) is 20.0. The Morgan fingerprint density at radius 3 is 3.05 bits per heavy atom. The van der Waals surface area contributed by atoms with Gasteiger partial charge < -0.3 is 10.6 Å². The van der Waals surface area contributed by atoms with Crippen molar-refractivity contribution in [3.8, 4) is 0 Å². The van der Waals surface area contributed by atoms with Gasteiger partial charge in [0, 0.05) is 64.0 Å². The van der Waals surface area contributed by atoms with Crippen LogP contribution in [0.2, 0.25) is 5.02 Å². The van der Waals surface area contributed by atoms with Gasteiger partial charge in [-0.25, -0.2) is 0 Å². The summed E-state index contributed by atoms with van der Waals surface area (Å²) in [4.78, 5) is 12.0. The fourth-order valence-corrected chi connectivity index (χ4v) is 4.06. The van der Waals surface area contributed by atoms with Crippen LogP contribution in [0, 0.1) is 0 Å². The lowest BCUT2D eigenvalue weighted by atomic mass is 10.2. The van der Waals surface area contributed by atoms with Crippen LogP contribution < -0.4 is 10.6 Å². The van der Waals surface area contributed by atoms with Gasteiger partial charge in [0.2, 0.25) is 5.91 Å². The molecule has 1 amide bonds. The van der Waals surface area contributed by atoms with Crippen LogP contribution in [0.3, 0.4) is 0 Å². The average Bonchev–Trinajstić information content (AvgIpc) is 2.43. The van der Waals surface area contributed by atoms with E-state index in [0.717, 1.165) is 23.6 Å². The monoisotopic (exact) mass is 346 g/mol. The summed E-state index contributed by atoms with van der Waals surface area (Å²) in [5.41, 5.74) is 1.50. The second kappa shape index (κ2) is 8.17. The highest BCUT2D eigenvalue weighted by molar-refractivity contribution is 7.99. The number of carbonyl (C=O) groups excluding carboxylic acids is 1. The van der Waals surface area contributed by atoms with Crippen molar-refractivity contribution in [1.29, 1.82) is 0 Å². The molecule has 1 aliphatic heterocycles. The van der Waals surface area contributed by atoms with Crippen LogP contribution >= 0.6 is 23.4 Å². The van der Waals surface area contributed by atoms with Crippen LogP contribution in [0.25, 0.3) is 0 Å². The Bertz CT molecular complexity index is 534. The van der Waals surface area contributed by atoms with Crippen molar-refractivity contribution in [1.82, 2.24) is 5.32 Å². The van der Waals surface area contributed by atoms with Crippen LogP contribution in [0.15, 0.2) is 18.2 Å². The number of anilines is 1. The van der Waals surface area contributed by atoms with Crippen molar-refractivity contribution in [2.45, 2.75) is 18.2 Å². The number of benzene rings is 1. The van der Waals surface area contributed by atoms with Crippen molar-refractivity contribution in [2.24, 2.45) is 0 Å². The molecule has 21 heavy (non-hydrogen) atoms. The number of halogens is 1. The maximum absolute atomic E-state index is 12.0. The Kier molecular flexibility index (Phi) is 6.54. The number of amides is 1. The molecule has 1 aliphatic rings. The highest BCUT2D eigenvalue weighted by Gasteiger charge is 2.17. The third kappa shape index (κ3) is 5.62. The molecule has 4 nitrogen and oxygen atoms in total. The van der Waals surface area contributed by atoms with E-state index < -0.39 is 10.8 Å². The Balaban J connectivity index is 1.95. The Morgan fingerprint density at radius 1 is 1.57 bits per heavy atom. The lowest BCUT2D eigenvalue weighted by Crippen LogP contribution is -2.39. The summed E-state index contributed by atoms with van der Waals surface area (Å²) in [5, 5.41) is 6.80. The van der Waals surface area contributed by atoms with Crippen LogP contribution in [-0.4, -0.2) is 40.5 Å². The number of carbonyl (C=O) groups is 1. The Hall–Kier alpha value is -0.560. The molecule has 2 atom stereocenters. The summed E-state index contributed by atoms with van der Waals surface area (Å²) in [6.07, 6.45) is 2.10. The zero-order valence-electron chi connectivity index (χ0n) is 11.9. The predicted molar refractivity (Wildman–Crippen MR) is 91.6 cm³/mol. The third-order valence-corrected chi connectivity index (χ3v) is 5.34. The molecule has 1 heterocycles. The summed E-state index contributed by atoms with van der Waals surface area (Å²) >= 11 is 7.94. The maximum atomic E-state index is 12.0. The summed E-state index contributed by atoms with van der Waals surface area (Å²) in [6, 6.07) is 5.53. The molecule has 0 aromatic heterocycles. The molecule has 2 unspecified atom stereocenters. The number of thioether (sulfide) groups is 1. The molecule has 116 valence electrons. The predicted octanol–water partition coefficient (Wildman–Crippen LogP) is 2.25. The molecule has 0 saturated carbocycles. The molecule has 1 aromatic rings. The van der Waals surface area contributed by atoms with E-state index in [2.05, 4.69) is 10.6 Å². The SMILES string of the molecule is CS(=O)Cc1cc(NC(=O)CC2CSCCN2)ccc1Cl. The molecule has 7 heteroatoms. The lowest BCUT2D eigenvalue weighted by Gasteiger charge is -2.22. The molecular weight excluding hydrogens is 328 g/mol. The van der Waals surface area contributed by atoms with E-state index in [1.807, 2.05) is 11.8 Å². The van der Waals surface area contributed by atoms with Crippen LogP contribution in [-0.2, 0) is 21.3 Å². The molecule has 1 saturated heterocycles. The first-order chi connectivity index (χ1) is 10.0. The first-order valence-electron chi connectivity index (χ1n) is 6.74. The van der Waals surface area contributed by atoms with Crippen molar-refractivity contribution in [3.05, 3.63) is 28.8 Å². The maximum Gasteiger partial charge on any atom is 0.225 e. The smallest absolute Gasteiger partial charge is 0.225 e. The van der Waals surface area contributed by atoms with E-state index >= 15 is 0 Å². The largest absolute Gasteiger partial charge is 0.326 e. The minimum Gasteiger partial charge on any atom is -0.326 e.